The Labute approximate surface area is 106 Å². The zero-order valence-electron chi connectivity index (χ0n) is 10.4. The van der Waals surface area contributed by atoms with Gasteiger partial charge in [-0.1, -0.05) is 48.0 Å². The fraction of sp³-hybridized carbons (Fsp3) is 0.125. The fourth-order valence-corrected chi connectivity index (χ4v) is 1.95. The smallest absolute Gasteiger partial charge is 0.194 e. The van der Waals surface area contributed by atoms with Gasteiger partial charge in [0.2, 0.25) is 0 Å². The van der Waals surface area contributed by atoms with Crippen LogP contribution in [-0.4, -0.2) is 12.1 Å². The molecule has 0 radical (unpaired) electrons. The predicted molar refractivity (Wildman–Crippen MR) is 71.2 cm³/mol. The van der Waals surface area contributed by atoms with Crippen LogP contribution in [0.1, 0.15) is 37.4 Å². The summed E-state index contributed by atoms with van der Waals surface area (Å²) in [4.78, 5) is 23.4. The van der Waals surface area contributed by atoms with Crippen LogP contribution in [0.25, 0.3) is 0 Å². The van der Waals surface area contributed by atoms with Gasteiger partial charge in [0.1, 0.15) is 0 Å². The lowest BCUT2D eigenvalue weighted by molar-refractivity contribution is 0.102. The average molecular weight is 238 g/mol. The van der Waals surface area contributed by atoms with E-state index < -0.39 is 0 Å². The van der Waals surface area contributed by atoms with Crippen LogP contribution in [0.15, 0.2) is 42.5 Å². The highest BCUT2D eigenvalue weighted by molar-refractivity contribution is 6.13. The first-order valence-corrected chi connectivity index (χ1v) is 5.79. The van der Waals surface area contributed by atoms with Gasteiger partial charge in [-0.05, 0) is 19.4 Å². The molecule has 0 N–H and O–H groups in total. The molecule has 0 aliphatic heterocycles. The van der Waals surface area contributed by atoms with E-state index in [9.17, 15) is 9.59 Å². The van der Waals surface area contributed by atoms with Gasteiger partial charge < -0.3 is 0 Å². The molecule has 0 aliphatic carbocycles. The van der Waals surface area contributed by atoms with E-state index in [-0.39, 0.29) is 5.78 Å². The van der Waals surface area contributed by atoms with E-state index in [1.165, 1.54) is 0 Å². The van der Waals surface area contributed by atoms with E-state index >= 15 is 0 Å². The maximum atomic E-state index is 12.4. The zero-order chi connectivity index (χ0) is 13.1. The zero-order valence-corrected chi connectivity index (χ0v) is 10.4. The Bertz CT molecular complexity index is 595. The minimum Gasteiger partial charge on any atom is -0.298 e. The number of carbonyl (C=O) groups excluding carboxylic acids is 2. The van der Waals surface area contributed by atoms with E-state index in [1.54, 1.807) is 24.3 Å². The molecule has 18 heavy (non-hydrogen) atoms. The number of benzene rings is 2. The molecule has 0 aromatic heterocycles. The van der Waals surface area contributed by atoms with Crippen LogP contribution >= 0.6 is 0 Å². The first-order chi connectivity index (χ1) is 8.63. The normalized spacial score (nSPS) is 10.1. The van der Waals surface area contributed by atoms with Gasteiger partial charge in [0, 0.05) is 16.7 Å². The van der Waals surface area contributed by atoms with Crippen molar-refractivity contribution < 1.29 is 9.59 Å². The van der Waals surface area contributed by atoms with Crippen molar-refractivity contribution in [2.24, 2.45) is 0 Å². The topological polar surface area (TPSA) is 34.1 Å². The summed E-state index contributed by atoms with van der Waals surface area (Å²) in [5, 5.41) is 0. The van der Waals surface area contributed by atoms with Gasteiger partial charge in [-0.3, -0.25) is 9.59 Å². The summed E-state index contributed by atoms with van der Waals surface area (Å²) < 4.78 is 0. The van der Waals surface area contributed by atoms with E-state index in [0.29, 0.717) is 16.7 Å². The molecule has 2 aromatic carbocycles. The number of aldehydes is 1. The van der Waals surface area contributed by atoms with Crippen molar-refractivity contribution in [1.82, 2.24) is 0 Å². The maximum Gasteiger partial charge on any atom is 0.194 e. The molecule has 2 heteroatoms. The van der Waals surface area contributed by atoms with Gasteiger partial charge in [0.25, 0.3) is 0 Å². The second-order valence-electron chi connectivity index (χ2n) is 4.35. The Morgan fingerprint density at radius 1 is 1.00 bits per heavy atom. The summed E-state index contributed by atoms with van der Waals surface area (Å²) in [5.41, 5.74) is 3.48. The highest BCUT2D eigenvalue weighted by Crippen LogP contribution is 2.18. The van der Waals surface area contributed by atoms with Crippen molar-refractivity contribution in [2.45, 2.75) is 13.8 Å². The molecular weight excluding hydrogens is 224 g/mol. The van der Waals surface area contributed by atoms with Crippen molar-refractivity contribution in [1.29, 1.82) is 0 Å². The van der Waals surface area contributed by atoms with Gasteiger partial charge in [0.05, 0.1) is 0 Å². The molecule has 0 amide bonds. The fourth-order valence-electron chi connectivity index (χ4n) is 1.95. The van der Waals surface area contributed by atoms with E-state index in [1.807, 2.05) is 32.0 Å². The highest BCUT2D eigenvalue weighted by atomic mass is 16.1. The molecule has 90 valence electrons. The van der Waals surface area contributed by atoms with Crippen molar-refractivity contribution >= 4 is 12.1 Å². The lowest BCUT2D eigenvalue weighted by atomic mass is 9.94. The minimum absolute atomic E-state index is 0.102. The summed E-state index contributed by atoms with van der Waals surface area (Å²) in [6, 6.07) is 12.7. The largest absolute Gasteiger partial charge is 0.298 e. The highest BCUT2D eigenvalue weighted by Gasteiger charge is 2.15. The Morgan fingerprint density at radius 3 is 2.28 bits per heavy atom. The van der Waals surface area contributed by atoms with Gasteiger partial charge in [-0.25, -0.2) is 0 Å². The third-order valence-corrected chi connectivity index (χ3v) is 2.97. The van der Waals surface area contributed by atoms with Crippen molar-refractivity contribution in [3.8, 4) is 0 Å². The molecule has 0 aliphatic rings. The van der Waals surface area contributed by atoms with Crippen LogP contribution < -0.4 is 0 Å². The van der Waals surface area contributed by atoms with Gasteiger partial charge in [-0.15, -0.1) is 0 Å². The molecule has 2 nitrogen and oxygen atoms in total. The number of rotatable bonds is 3. The molecule has 0 saturated carbocycles. The Balaban J connectivity index is 2.52. The molecular formula is C16H14O2. The SMILES string of the molecule is Cc1ccc(C(=O)c2c(C)cccc2C=O)cc1. The third-order valence-electron chi connectivity index (χ3n) is 2.97. The molecule has 0 saturated heterocycles. The summed E-state index contributed by atoms with van der Waals surface area (Å²) in [5.74, 6) is -0.102. The van der Waals surface area contributed by atoms with Gasteiger partial charge >= 0.3 is 0 Å². The summed E-state index contributed by atoms with van der Waals surface area (Å²) in [6.45, 7) is 3.81. The van der Waals surface area contributed by atoms with Crippen LogP contribution in [0.5, 0.6) is 0 Å². The number of hydrogen-bond donors (Lipinski definition) is 0. The number of carbonyl (C=O) groups is 2. The number of ketones is 1. The lowest BCUT2D eigenvalue weighted by Crippen LogP contribution is -2.07. The molecule has 2 aromatic rings. The minimum atomic E-state index is -0.102. The summed E-state index contributed by atoms with van der Waals surface area (Å²) in [7, 11) is 0. The molecule has 0 fully saturated rings. The van der Waals surface area contributed by atoms with Crippen LogP contribution in [0.2, 0.25) is 0 Å². The van der Waals surface area contributed by atoms with E-state index in [0.717, 1.165) is 17.4 Å². The van der Waals surface area contributed by atoms with Crippen LogP contribution in [0.4, 0.5) is 0 Å². The Hall–Kier alpha value is -2.22. The maximum absolute atomic E-state index is 12.4. The number of aryl methyl sites for hydroxylation is 2. The Morgan fingerprint density at radius 2 is 1.67 bits per heavy atom. The molecule has 0 bridgehead atoms. The first kappa shape index (κ1) is 12.2. The van der Waals surface area contributed by atoms with Crippen molar-refractivity contribution in [3.63, 3.8) is 0 Å². The van der Waals surface area contributed by atoms with E-state index in [2.05, 4.69) is 0 Å². The van der Waals surface area contributed by atoms with Gasteiger partial charge in [0.15, 0.2) is 12.1 Å². The number of hydrogen-bond acceptors (Lipinski definition) is 2. The van der Waals surface area contributed by atoms with E-state index in [4.69, 9.17) is 0 Å². The Kier molecular flexibility index (Phi) is 3.38. The monoisotopic (exact) mass is 238 g/mol. The van der Waals surface area contributed by atoms with Crippen molar-refractivity contribution in [3.05, 3.63) is 70.3 Å². The standard InChI is InChI=1S/C16H14O2/c1-11-6-8-13(9-7-11)16(18)15-12(2)4-3-5-14(15)10-17/h3-10H,1-2H3. The third kappa shape index (κ3) is 2.23. The second kappa shape index (κ2) is 4.96. The molecule has 0 spiro atoms. The molecule has 0 heterocycles. The van der Waals surface area contributed by atoms with Crippen molar-refractivity contribution in [2.75, 3.05) is 0 Å². The van der Waals surface area contributed by atoms with Gasteiger partial charge in [-0.2, -0.15) is 0 Å². The van der Waals surface area contributed by atoms with Crippen LogP contribution in [0, 0.1) is 13.8 Å². The molecule has 2 rings (SSSR count). The van der Waals surface area contributed by atoms with Crippen LogP contribution in [-0.2, 0) is 0 Å². The molecule has 0 unspecified atom stereocenters. The van der Waals surface area contributed by atoms with Crippen LogP contribution in [0.3, 0.4) is 0 Å². The quantitative estimate of drug-likeness (QED) is 0.607. The summed E-state index contributed by atoms with van der Waals surface area (Å²) >= 11 is 0. The predicted octanol–water partition coefficient (Wildman–Crippen LogP) is 3.35. The average Bonchev–Trinajstić information content (AvgIpc) is 2.38. The summed E-state index contributed by atoms with van der Waals surface area (Å²) in [6.07, 6.45) is 0.731. The molecule has 0 atom stereocenters. The first-order valence-electron chi connectivity index (χ1n) is 5.79. The second-order valence-corrected chi connectivity index (χ2v) is 4.35. The lowest BCUT2D eigenvalue weighted by Gasteiger charge is -2.08.